The molecule has 0 fully saturated rings. The molecule has 0 unspecified atom stereocenters. The standard InChI is InChI=1S/C30H37F3N6O4S/c1-7-39-24-11-10-22(18(3)27(24)34-36-39)26(29(4,5)28(40)41)23-14-21(37(6)35-23)16-38-15-17(2)12-19-8-9-20(30(31,32)33)13-25(19)44(38,42)43/h8-11,13-14,17,26,42-43H,7,12,15-16H2,1-6H3,(H,40,41)/t17-,26-/m0/s1. The molecule has 10 nitrogen and oxygen atoms in total. The third kappa shape index (κ3) is 5.48. The molecule has 14 heteroatoms. The van der Waals surface area contributed by atoms with Crippen molar-refractivity contribution in [2.45, 2.75) is 71.1 Å². The Morgan fingerprint density at radius 2 is 1.86 bits per heavy atom. The summed E-state index contributed by atoms with van der Waals surface area (Å²) in [5.74, 6) is -1.83. The number of aryl methyl sites for hydroxylation is 3. The second-order valence-corrected chi connectivity index (χ2v) is 14.2. The van der Waals surface area contributed by atoms with Gasteiger partial charge >= 0.3 is 12.1 Å². The van der Waals surface area contributed by atoms with Crippen LogP contribution >= 0.6 is 10.8 Å². The van der Waals surface area contributed by atoms with Crippen molar-refractivity contribution >= 4 is 27.8 Å². The Bertz CT molecular complexity index is 1730. The Balaban J connectivity index is 1.57. The van der Waals surface area contributed by atoms with Crippen LogP contribution in [0, 0.1) is 18.3 Å². The molecule has 0 saturated carbocycles. The molecule has 44 heavy (non-hydrogen) atoms. The monoisotopic (exact) mass is 634 g/mol. The van der Waals surface area contributed by atoms with Crippen LogP contribution in [0.25, 0.3) is 11.0 Å². The van der Waals surface area contributed by atoms with Gasteiger partial charge in [0.1, 0.15) is 5.52 Å². The van der Waals surface area contributed by atoms with E-state index in [1.54, 1.807) is 36.3 Å². The molecule has 0 bridgehead atoms. The third-order valence-corrected chi connectivity index (χ3v) is 10.6. The second-order valence-electron chi connectivity index (χ2n) is 12.2. The molecule has 0 saturated heterocycles. The number of rotatable bonds is 7. The van der Waals surface area contributed by atoms with Crippen LogP contribution in [0.1, 0.15) is 67.3 Å². The van der Waals surface area contributed by atoms with Crippen molar-refractivity contribution in [1.29, 1.82) is 0 Å². The van der Waals surface area contributed by atoms with Gasteiger partial charge in [-0.2, -0.15) is 22.6 Å². The quantitative estimate of drug-likeness (QED) is 0.211. The number of aliphatic carboxylic acids is 1. The van der Waals surface area contributed by atoms with Crippen molar-refractivity contribution in [3.8, 4) is 0 Å². The van der Waals surface area contributed by atoms with Gasteiger partial charge in [0, 0.05) is 26.1 Å². The van der Waals surface area contributed by atoms with Crippen LogP contribution in [0.3, 0.4) is 0 Å². The van der Waals surface area contributed by atoms with E-state index in [-0.39, 0.29) is 23.9 Å². The highest BCUT2D eigenvalue weighted by atomic mass is 32.3. The van der Waals surface area contributed by atoms with E-state index in [0.717, 1.165) is 28.8 Å². The first-order chi connectivity index (χ1) is 20.5. The Hall–Kier alpha value is -3.46. The largest absolute Gasteiger partial charge is 0.481 e. The summed E-state index contributed by atoms with van der Waals surface area (Å²) in [5, 5.41) is 23.6. The lowest BCUT2D eigenvalue weighted by molar-refractivity contribution is -0.147. The second kappa shape index (κ2) is 11.2. The molecule has 238 valence electrons. The Kier molecular flexibility index (Phi) is 8.10. The first-order valence-corrected chi connectivity index (χ1v) is 15.8. The van der Waals surface area contributed by atoms with E-state index in [2.05, 4.69) is 10.3 Å². The Labute approximate surface area is 255 Å². The topological polar surface area (TPSA) is 130 Å². The molecule has 5 rings (SSSR count). The summed E-state index contributed by atoms with van der Waals surface area (Å²) in [6, 6.07) is 8.61. The molecule has 0 radical (unpaired) electrons. The van der Waals surface area contributed by atoms with Gasteiger partial charge in [-0.1, -0.05) is 24.3 Å². The highest BCUT2D eigenvalue weighted by Crippen LogP contribution is 2.57. The maximum absolute atomic E-state index is 13.6. The Morgan fingerprint density at radius 3 is 2.50 bits per heavy atom. The number of alkyl halides is 3. The summed E-state index contributed by atoms with van der Waals surface area (Å²) in [4.78, 5) is 12.5. The number of benzene rings is 2. The number of carboxylic acids is 1. The summed E-state index contributed by atoms with van der Waals surface area (Å²) >= 11 is 0. The maximum atomic E-state index is 13.6. The minimum Gasteiger partial charge on any atom is -0.481 e. The number of fused-ring (bicyclic) bond motifs is 2. The smallest absolute Gasteiger partial charge is 0.416 e. The molecule has 2 aromatic heterocycles. The first-order valence-electron chi connectivity index (χ1n) is 14.3. The van der Waals surface area contributed by atoms with Crippen LogP contribution in [0.5, 0.6) is 0 Å². The molecule has 4 aromatic rings. The van der Waals surface area contributed by atoms with Gasteiger partial charge in [-0.3, -0.25) is 18.6 Å². The summed E-state index contributed by atoms with van der Waals surface area (Å²) in [7, 11) is -2.13. The van der Waals surface area contributed by atoms with E-state index in [9.17, 15) is 32.2 Å². The van der Waals surface area contributed by atoms with Crippen LogP contribution in [0.4, 0.5) is 13.2 Å². The van der Waals surface area contributed by atoms with Gasteiger partial charge in [0.15, 0.2) is 0 Å². The highest BCUT2D eigenvalue weighted by molar-refractivity contribution is 8.22. The normalized spacial score (nSPS) is 19.0. The number of carboxylic acid groups (broad SMARTS) is 1. The fraction of sp³-hybridized carbons (Fsp3) is 0.467. The molecule has 0 amide bonds. The van der Waals surface area contributed by atoms with Gasteiger partial charge in [0.25, 0.3) is 0 Å². The molecule has 2 atom stereocenters. The molecule has 1 aliphatic rings. The van der Waals surface area contributed by atoms with E-state index in [1.807, 2.05) is 32.9 Å². The van der Waals surface area contributed by atoms with E-state index >= 15 is 0 Å². The van der Waals surface area contributed by atoms with Crippen LogP contribution in [0.15, 0.2) is 41.3 Å². The molecule has 1 aliphatic heterocycles. The van der Waals surface area contributed by atoms with Gasteiger partial charge < -0.3 is 5.11 Å². The predicted octanol–water partition coefficient (Wildman–Crippen LogP) is 6.47. The number of hydrogen-bond donors (Lipinski definition) is 3. The molecule has 3 heterocycles. The average molecular weight is 635 g/mol. The molecular formula is C30H37F3N6O4S. The van der Waals surface area contributed by atoms with Gasteiger partial charge in [-0.15, -0.1) is 15.9 Å². The number of aromatic nitrogens is 5. The molecule has 0 aliphatic carbocycles. The van der Waals surface area contributed by atoms with E-state index in [0.29, 0.717) is 35.4 Å². The van der Waals surface area contributed by atoms with Crippen molar-refractivity contribution in [2.24, 2.45) is 18.4 Å². The minimum absolute atomic E-state index is 0.0328. The van der Waals surface area contributed by atoms with E-state index < -0.39 is 39.8 Å². The lowest BCUT2D eigenvalue weighted by Gasteiger charge is -2.43. The molecular weight excluding hydrogens is 597 g/mol. The van der Waals surface area contributed by atoms with Gasteiger partial charge in [-0.25, -0.2) is 4.68 Å². The van der Waals surface area contributed by atoms with Crippen molar-refractivity contribution < 1.29 is 32.2 Å². The zero-order valence-corrected chi connectivity index (χ0v) is 26.2. The zero-order valence-electron chi connectivity index (χ0n) is 25.4. The van der Waals surface area contributed by atoms with Gasteiger partial charge in [0.05, 0.1) is 39.3 Å². The molecule has 3 N–H and O–H groups in total. The fourth-order valence-electron chi connectivity index (χ4n) is 6.11. The van der Waals surface area contributed by atoms with Crippen molar-refractivity contribution in [3.05, 3.63) is 70.0 Å². The third-order valence-electron chi connectivity index (χ3n) is 8.63. The minimum atomic E-state index is -4.64. The lowest BCUT2D eigenvalue weighted by atomic mass is 9.72. The average Bonchev–Trinajstić information content (AvgIpc) is 3.49. The van der Waals surface area contributed by atoms with Crippen LogP contribution in [0.2, 0.25) is 0 Å². The maximum Gasteiger partial charge on any atom is 0.416 e. The summed E-state index contributed by atoms with van der Waals surface area (Å²) in [6.07, 6.45) is -4.25. The van der Waals surface area contributed by atoms with Crippen LogP contribution < -0.4 is 0 Å². The summed E-state index contributed by atoms with van der Waals surface area (Å²) in [5.41, 5.74) is 2.21. The number of hydrogen-bond acceptors (Lipinski definition) is 7. The van der Waals surface area contributed by atoms with Crippen molar-refractivity contribution in [3.63, 3.8) is 0 Å². The van der Waals surface area contributed by atoms with Crippen molar-refractivity contribution in [1.82, 2.24) is 29.1 Å². The molecule has 2 aromatic carbocycles. The SMILES string of the molecule is CCn1nnc2c(C)c([C@@H](c3cc(CN4C[C@@H](C)Cc5ccc(C(F)(F)F)cc5S4(O)O)n(C)n3)C(C)(C)C(=O)O)ccc21. The first kappa shape index (κ1) is 31.9. The van der Waals surface area contributed by atoms with E-state index in [1.165, 1.54) is 10.4 Å². The van der Waals surface area contributed by atoms with E-state index in [4.69, 9.17) is 5.10 Å². The number of nitrogens with zero attached hydrogens (tertiary/aromatic N) is 6. The summed E-state index contributed by atoms with van der Waals surface area (Å²) < 4.78 is 68.3. The van der Waals surface area contributed by atoms with Crippen LogP contribution in [-0.2, 0) is 37.5 Å². The fourth-order valence-corrected chi connectivity index (χ4v) is 7.95. The van der Waals surface area contributed by atoms with Gasteiger partial charge in [-0.05, 0) is 81.0 Å². The number of halogens is 3. The van der Waals surface area contributed by atoms with Gasteiger partial charge in [0.2, 0.25) is 0 Å². The predicted molar refractivity (Wildman–Crippen MR) is 160 cm³/mol. The highest BCUT2D eigenvalue weighted by Gasteiger charge is 2.42. The Morgan fingerprint density at radius 1 is 1.16 bits per heavy atom. The van der Waals surface area contributed by atoms with Crippen LogP contribution in [-0.4, -0.2) is 55.8 Å². The summed E-state index contributed by atoms with van der Waals surface area (Å²) in [6.45, 7) is 9.80. The molecule has 0 spiro atoms. The lowest BCUT2D eigenvalue weighted by Crippen LogP contribution is -2.33. The van der Waals surface area contributed by atoms with Crippen molar-refractivity contribution in [2.75, 3.05) is 6.54 Å². The zero-order chi connectivity index (χ0) is 32.4. The number of carbonyl (C=O) groups is 1.